The van der Waals surface area contributed by atoms with Crippen molar-refractivity contribution in [2.24, 2.45) is 11.8 Å². The van der Waals surface area contributed by atoms with Crippen LogP contribution in [0.5, 0.6) is 0 Å². The zero-order valence-electron chi connectivity index (χ0n) is 11.1. The van der Waals surface area contributed by atoms with Gasteiger partial charge in [0.05, 0.1) is 5.69 Å². The lowest BCUT2D eigenvalue weighted by Gasteiger charge is -2.28. The second kappa shape index (κ2) is 6.49. The molecule has 1 atom stereocenters. The van der Waals surface area contributed by atoms with Crippen molar-refractivity contribution < 1.29 is 9.53 Å². The Balaban J connectivity index is 1.95. The number of hydrazine groups is 1. The largest absolute Gasteiger partial charge is 0.381 e. The first-order chi connectivity index (χ1) is 9.20. The molecule has 0 bridgehead atoms. The number of rotatable bonds is 4. The van der Waals surface area contributed by atoms with Crippen LogP contribution >= 0.6 is 0 Å². The molecule has 19 heavy (non-hydrogen) atoms. The van der Waals surface area contributed by atoms with E-state index in [9.17, 15) is 4.79 Å². The van der Waals surface area contributed by atoms with Crippen LogP contribution < -0.4 is 16.6 Å². The molecule has 0 saturated carbocycles. The minimum absolute atomic E-state index is 0.118. The molecule has 1 aliphatic rings. The number of ether oxygens (including phenoxy) is 1. The Hall–Kier alpha value is -1.66. The number of pyridine rings is 1. The van der Waals surface area contributed by atoms with E-state index in [-0.39, 0.29) is 11.9 Å². The average molecular weight is 264 g/mol. The average Bonchev–Trinajstić information content (AvgIpc) is 2.48. The summed E-state index contributed by atoms with van der Waals surface area (Å²) in [6.07, 6.45) is 3.53. The Morgan fingerprint density at radius 1 is 1.53 bits per heavy atom. The predicted molar refractivity (Wildman–Crippen MR) is 72.5 cm³/mol. The van der Waals surface area contributed by atoms with E-state index >= 15 is 0 Å². The van der Waals surface area contributed by atoms with Gasteiger partial charge in [-0.25, -0.2) is 0 Å². The van der Waals surface area contributed by atoms with Crippen molar-refractivity contribution in [3.63, 3.8) is 0 Å². The van der Waals surface area contributed by atoms with Crippen LogP contribution in [-0.2, 0) is 4.74 Å². The molecule has 1 amide bonds. The van der Waals surface area contributed by atoms with Gasteiger partial charge in [-0.2, -0.15) is 0 Å². The maximum atomic E-state index is 12.1. The van der Waals surface area contributed by atoms with Gasteiger partial charge in [-0.1, -0.05) is 0 Å². The first kappa shape index (κ1) is 13.8. The number of amides is 1. The van der Waals surface area contributed by atoms with E-state index < -0.39 is 0 Å². The third-order valence-corrected chi connectivity index (χ3v) is 3.49. The van der Waals surface area contributed by atoms with Crippen LogP contribution in [0.1, 0.15) is 30.3 Å². The maximum Gasteiger partial charge on any atom is 0.270 e. The Morgan fingerprint density at radius 2 is 2.26 bits per heavy atom. The molecule has 0 spiro atoms. The van der Waals surface area contributed by atoms with Crippen LogP contribution in [0, 0.1) is 5.92 Å². The number of aromatic nitrogens is 1. The van der Waals surface area contributed by atoms with Gasteiger partial charge in [-0.3, -0.25) is 15.6 Å². The molecular weight excluding hydrogens is 244 g/mol. The van der Waals surface area contributed by atoms with Crippen molar-refractivity contribution in [2.45, 2.75) is 25.8 Å². The predicted octanol–water partition coefficient (Wildman–Crippen LogP) is 0.912. The lowest BCUT2D eigenvalue weighted by molar-refractivity contribution is 0.0537. The molecule has 1 aromatic rings. The second-order valence-electron chi connectivity index (χ2n) is 4.79. The van der Waals surface area contributed by atoms with Crippen molar-refractivity contribution in [1.29, 1.82) is 0 Å². The highest BCUT2D eigenvalue weighted by atomic mass is 16.5. The van der Waals surface area contributed by atoms with E-state index in [1.807, 2.05) is 6.92 Å². The minimum atomic E-state index is -0.170. The van der Waals surface area contributed by atoms with Gasteiger partial charge in [0.1, 0.15) is 5.69 Å². The minimum Gasteiger partial charge on any atom is -0.381 e. The number of nitrogens with two attached hydrogens (primary N) is 1. The van der Waals surface area contributed by atoms with Crippen LogP contribution in [0.4, 0.5) is 5.69 Å². The number of hydrogen-bond acceptors (Lipinski definition) is 5. The van der Waals surface area contributed by atoms with Crippen molar-refractivity contribution in [3.05, 3.63) is 24.0 Å². The third kappa shape index (κ3) is 3.65. The Labute approximate surface area is 112 Å². The van der Waals surface area contributed by atoms with Crippen molar-refractivity contribution in [1.82, 2.24) is 10.3 Å². The summed E-state index contributed by atoms with van der Waals surface area (Å²) < 4.78 is 5.32. The molecule has 1 aromatic heterocycles. The summed E-state index contributed by atoms with van der Waals surface area (Å²) in [6, 6.07) is 3.46. The standard InChI is InChI=1S/C13H20N4O2/c1-9(10-3-6-19-7-4-10)16-13(18)12-8-11(17-14)2-5-15-12/h2,5,8-10H,3-4,6-7,14H2,1H3,(H,15,17)(H,16,18). The van der Waals surface area contributed by atoms with Gasteiger partial charge in [0.15, 0.2) is 0 Å². The zero-order valence-corrected chi connectivity index (χ0v) is 11.1. The van der Waals surface area contributed by atoms with E-state index in [2.05, 4.69) is 15.7 Å². The molecule has 0 radical (unpaired) electrons. The Morgan fingerprint density at radius 3 is 2.95 bits per heavy atom. The quantitative estimate of drug-likeness (QED) is 0.555. The molecule has 0 aliphatic carbocycles. The van der Waals surface area contributed by atoms with E-state index in [4.69, 9.17) is 10.6 Å². The van der Waals surface area contributed by atoms with Gasteiger partial charge in [-0.15, -0.1) is 0 Å². The zero-order chi connectivity index (χ0) is 13.7. The lowest BCUT2D eigenvalue weighted by atomic mass is 9.93. The number of nitrogens with zero attached hydrogens (tertiary/aromatic N) is 1. The highest BCUT2D eigenvalue weighted by molar-refractivity contribution is 5.93. The molecule has 104 valence electrons. The highest BCUT2D eigenvalue weighted by Crippen LogP contribution is 2.18. The Bertz CT molecular complexity index is 432. The summed E-state index contributed by atoms with van der Waals surface area (Å²) in [6.45, 7) is 3.57. The third-order valence-electron chi connectivity index (χ3n) is 3.49. The molecule has 1 fully saturated rings. The highest BCUT2D eigenvalue weighted by Gasteiger charge is 2.22. The van der Waals surface area contributed by atoms with E-state index in [0.717, 1.165) is 26.1 Å². The maximum absolute atomic E-state index is 12.1. The molecule has 4 N–H and O–H groups in total. The summed E-state index contributed by atoms with van der Waals surface area (Å²) in [4.78, 5) is 16.1. The topological polar surface area (TPSA) is 89.3 Å². The second-order valence-corrected chi connectivity index (χ2v) is 4.79. The van der Waals surface area contributed by atoms with Gasteiger partial charge in [-0.05, 0) is 37.8 Å². The van der Waals surface area contributed by atoms with Crippen LogP contribution in [0.3, 0.4) is 0 Å². The molecule has 1 saturated heterocycles. The molecule has 1 unspecified atom stereocenters. The van der Waals surface area contributed by atoms with Gasteiger partial charge in [0.2, 0.25) is 0 Å². The van der Waals surface area contributed by atoms with Gasteiger partial charge in [0.25, 0.3) is 5.91 Å². The number of carbonyl (C=O) groups excluding carboxylic acids is 1. The number of nitrogens with one attached hydrogen (secondary N) is 2. The van der Waals surface area contributed by atoms with Crippen LogP contribution in [0.2, 0.25) is 0 Å². The lowest BCUT2D eigenvalue weighted by Crippen LogP contribution is -2.40. The molecule has 0 aromatic carbocycles. The van der Waals surface area contributed by atoms with E-state index in [0.29, 0.717) is 17.3 Å². The SMILES string of the molecule is CC(NC(=O)c1cc(NN)ccn1)C1CCOCC1. The molecule has 6 nitrogen and oxygen atoms in total. The number of nitrogen functional groups attached to an aromatic ring is 1. The summed E-state index contributed by atoms with van der Waals surface area (Å²) in [5.41, 5.74) is 3.54. The first-order valence-electron chi connectivity index (χ1n) is 6.52. The van der Waals surface area contributed by atoms with Crippen LogP contribution in [-0.4, -0.2) is 30.1 Å². The normalized spacial score (nSPS) is 17.8. The number of carbonyl (C=O) groups is 1. The summed E-state index contributed by atoms with van der Waals surface area (Å²) >= 11 is 0. The fraction of sp³-hybridized carbons (Fsp3) is 0.538. The van der Waals surface area contributed by atoms with E-state index in [1.165, 1.54) is 0 Å². The molecule has 2 heterocycles. The number of hydrogen-bond donors (Lipinski definition) is 3. The number of anilines is 1. The molecular formula is C13H20N4O2. The summed E-state index contributed by atoms with van der Waals surface area (Å²) in [5.74, 6) is 5.61. The van der Waals surface area contributed by atoms with Gasteiger partial charge in [0, 0.05) is 25.5 Å². The van der Waals surface area contributed by atoms with E-state index in [1.54, 1.807) is 18.3 Å². The summed E-state index contributed by atoms with van der Waals surface area (Å²) in [7, 11) is 0. The van der Waals surface area contributed by atoms with Crippen LogP contribution in [0.15, 0.2) is 18.3 Å². The fourth-order valence-corrected chi connectivity index (χ4v) is 2.26. The summed E-state index contributed by atoms with van der Waals surface area (Å²) in [5, 5.41) is 2.99. The fourth-order valence-electron chi connectivity index (χ4n) is 2.26. The van der Waals surface area contributed by atoms with Crippen molar-refractivity contribution in [2.75, 3.05) is 18.6 Å². The molecule has 1 aliphatic heterocycles. The monoisotopic (exact) mass is 264 g/mol. The van der Waals surface area contributed by atoms with Gasteiger partial charge >= 0.3 is 0 Å². The van der Waals surface area contributed by atoms with Gasteiger partial charge < -0.3 is 15.5 Å². The first-order valence-corrected chi connectivity index (χ1v) is 6.52. The molecule has 2 rings (SSSR count). The Kier molecular flexibility index (Phi) is 4.70. The van der Waals surface area contributed by atoms with Crippen LogP contribution in [0.25, 0.3) is 0 Å². The van der Waals surface area contributed by atoms with Crippen molar-refractivity contribution in [3.8, 4) is 0 Å². The smallest absolute Gasteiger partial charge is 0.270 e. The molecule has 6 heteroatoms. The van der Waals surface area contributed by atoms with Crippen molar-refractivity contribution >= 4 is 11.6 Å².